The van der Waals surface area contributed by atoms with Gasteiger partial charge in [-0.1, -0.05) is 0 Å². The van der Waals surface area contributed by atoms with Crippen LogP contribution in [0.25, 0.3) is 0 Å². The molecule has 5 heteroatoms. The molecule has 28 heavy (non-hydrogen) atoms. The van der Waals surface area contributed by atoms with Gasteiger partial charge in [-0.2, -0.15) is 0 Å². The van der Waals surface area contributed by atoms with E-state index in [1.54, 1.807) is 0 Å². The van der Waals surface area contributed by atoms with E-state index in [-0.39, 0.29) is 46.2 Å². The summed E-state index contributed by atoms with van der Waals surface area (Å²) < 4.78 is 8.31. The van der Waals surface area contributed by atoms with Crippen molar-refractivity contribution in [2.75, 3.05) is 0 Å². The number of ether oxygens (including phenoxy) is 1. The molecule has 0 fully saturated rings. The number of allylic oxidation sites excluding steroid dienone is 5. The topological polar surface area (TPSA) is 9.23 Å². The van der Waals surface area contributed by atoms with Gasteiger partial charge in [0.2, 0.25) is 0 Å². The first-order valence-corrected chi connectivity index (χ1v) is 11.2. The maximum atomic E-state index is 6.86. The zero-order valence-corrected chi connectivity index (χ0v) is 22.7. The number of hydrogen-bond acceptors (Lipinski definition) is 2. The summed E-state index contributed by atoms with van der Waals surface area (Å²) >= 11 is 4.16. The van der Waals surface area contributed by atoms with Crippen LogP contribution < -0.4 is 24.8 Å². The largest absolute Gasteiger partial charge is 1.00 e. The summed E-state index contributed by atoms with van der Waals surface area (Å²) in [5, 5.41) is 0. The van der Waals surface area contributed by atoms with E-state index in [0.717, 1.165) is 12.8 Å². The first-order chi connectivity index (χ1) is 11.6. The van der Waals surface area contributed by atoms with Gasteiger partial charge in [-0.25, -0.2) is 0 Å². The molecule has 0 saturated heterocycles. The third-order valence-electron chi connectivity index (χ3n) is 4.61. The van der Waals surface area contributed by atoms with Gasteiger partial charge < -0.3 is 24.8 Å². The van der Waals surface area contributed by atoms with E-state index in [1.807, 2.05) is 11.8 Å². The van der Waals surface area contributed by atoms with Gasteiger partial charge in [0.15, 0.2) is 0 Å². The van der Waals surface area contributed by atoms with Crippen molar-refractivity contribution in [3.8, 4) is 0 Å². The quantitative estimate of drug-likeness (QED) is 0.447. The Morgan fingerprint density at radius 3 is 1.93 bits per heavy atom. The maximum absolute atomic E-state index is 6.86. The fourth-order valence-corrected chi connectivity index (χ4v) is 5.67. The van der Waals surface area contributed by atoms with E-state index >= 15 is 0 Å². The Labute approximate surface area is 201 Å². The van der Waals surface area contributed by atoms with Gasteiger partial charge >= 0.3 is 178 Å². The minimum atomic E-state index is -0.351. The molecule has 0 spiro atoms. The van der Waals surface area contributed by atoms with E-state index in [1.165, 1.54) is 19.9 Å². The standard InChI is InChI=1S/C23H35OS.2ClH.Ti/c1-20(2,3)17-14-15-23(24-22(7,8)9,19(16-17)21(4,5)6)25-18-12-10-11-13-18;;;/h10,12,14,16H,11,15H2,1-9H3;2*1H;/q;;;+2/p-2. The van der Waals surface area contributed by atoms with Gasteiger partial charge in [-0.05, 0) is 0 Å². The monoisotopic (exact) mass is 477 g/mol. The van der Waals surface area contributed by atoms with Crippen molar-refractivity contribution in [2.45, 2.75) is 85.7 Å². The minimum absolute atomic E-state index is 0. The van der Waals surface area contributed by atoms with Gasteiger partial charge in [0.1, 0.15) is 0 Å². The zero-order chi connectivity index (χ0) is 20.0. The molecule has 0 amide bonds. The van der Waals surface area contributed by atoms with E-state index in [2.05, 4.69) is 107 Å². The van der Waals surface area contributed by atoms with Crippen molar-refractivity contribution in [2.24, 2.45) is 10.8 Å². The smallest absolute Gasteiger partial charge is 1.00 e. The first-order valence-electron chi connectivity index (χ1n) is 9.58. The van der Waals surface area contributed by atoms with Gasteiger partial charge in [-0.15, -0.1) is 0 Å². The number of halogens is 2. The molecule has 0 aromatic heterocycles. The number of thioether (sulfide) groups is 1. The molecule has 0 aromatic carbocycles. The average molecular weight is 478 g/mol. The third-order valence-corrected chi connectivity index (χ3v) is 7.03. The summed E-state index contributed by atoms with van der Waals surface area (Å²) in [7, 11) is 0. The van der Waals surface area contributed by atoms with Crippen LogP contribution in [-0.2, 0) is 25.2 Å². The van der Waals surface area contributed by atoms with E-state index in [4.69, 9.17) is 4.74 Å². The fraction of sp³-hybridized carbons (Fsp3) is 0.652. The molecule has 2 aliphatic carbocycles. The van der Waals surface area contributed by atoms with E-state index < -0.39 is 0 Å². The van der Waals surface area contributed by atoms with E-state index in [0.29, 0.717) is 0 Å². The van der Waals surface area contributed by atoms with Gasteiger partial charge in [0, 0.05) is 0 Å². The molecule has 2 rings (SSSR count). The molecule has 1 atom stereocenters. The molecule has 0 aliphatic heterocycles. The van der Waals surface area contributed by atoms with Gasteiger partial charge in [0.25, 0.3) is 0 Å². The summed E-state index contributed by atoms with van der Waals surface area (Å²) in [4.78, 5) is 1.02. The van der Waals surface area contributed by atoms with Crippen LogP contribution in [0.2, 0.25) is 0 Å². The Morgan fingerprint density at radius 1 is 0.964 bits per heavy atom. The summed E-state index contributed by atoms with van der Waals surface area (Å²) in [6, 6.07) is 0. The predicted octanol–water partition coefficient (Wildman–Crippen LogP) is 1.31. The molecule has 0 bridgehead atoms. The molecule has 0 heterocycles. The van der Waals surface area contributed by atoms with Crippen LogP contribution in [-0.4, -0.2) is 10.5 Å². The normalized spacial score (nSPS) is 23.1. The van der Waals surface area contributed by atoms with Crippen molar-refractivity contribution in [3.63, 3.8) is 0 Å². The molecular weight excluding hydrogens is 443 g/mol. The van der Waals surface area contributed by atoms with Crippen LogP contribution >= 0.6 is 11.8 Å². The first kappa shape index (κ1) is 28.6. The zero-order valence-electron chi connectivity index (χ0n) is 18.8. The molecule has 2 aliphatic rings. The van der Waals surface area contributed by atoms with Crippen LogP contribution in [0.5, 0.6) is 0 Å². The predicted molar refractivity (Wildman–Crippen MR) is 112 cm³/mol. The molecule has 157 valence electrons. The van der Waals surface area contributed by atoms with Crippen molar-refractivity contribution >= 4 is 11.8 Å². The second kappa shape index (κ2) is 9.79. The number of rotatable bonds is 3. The molecule has 0 N–H and O–H groups in total. The molecule has 0 saturated carbocycles. The molecular formula is C23H35Cl2OSTi. The van der Waals surface area contributed by atoms with Gasteiger partial charge in [0.05, 0.1) is 0 Å². The number of hydrogen-bond donors (Lipinski definition) is 0. The second-order valence-electron chi connectivity index (χ2n) is 10.4. The third kappa shape index (κ3) is 7.07. The van der Waals surface area contributed by atoms with Crippen LogP contribution in [0.1, 0.15) is 75.2 Å². The van der Waals surface area contributed by atoms with Crippen LogP contribution in [0, 0.1) is 10.8 Å². The molecule has 0 radical (unpaired) electrons. The maximum Gasteiger partial charge on any atom is -1.00 e. The fourth-order valence-electron chi connectivity index (χ4n) is 3.46. The molecule has 1 nitrogen and oxygen atoms in total. The Bertz CT molecular complexity index is 685. The summed E-state index contributed by atoms with van der Waals surface area (Å²) in [5.74, 6) is 0. The van der Waals surface area contributed by atoms with Crippen LogP contribution in [0.15, 0.2) is 44.2 Å². The Morgan fingerprint density at radius 2 is 1.54 bits per heavy atom. The van der Waals surface area contributed by atoms with Crippen LogP contribution in [0.3, 0.4) is 0 Å². The Kier molecular flexibility index (Phi) is 9.99. The molecule has 1 unspecified atom stereocenters. The minimum Gasteiger partial charge on any atom is -1.00 e. The average Bonchev–Trinajstić information content (AvgIpc) is 2.79. The van der Waals surface area contributed by atoms with Crippen molar-refractivity contribution in [3.05, 3.63) is 44.2 Å². The second-order valence-corrected chi connectivity index (χ2v) is 12.7. The summed E-state index contributed by atoms with van der Waals surface area (Å²) in [6.45, 7) is 20.4. The SMILES string of the molecule is CC(C)(C)OC1(SC2=[C]([Ti+2])CC=C2)CC=C(C(C)(C)C)C=C1C(C)(C)C.[Cl-].[Cl-]. The van der Waals surface area contributed by atoms with E-state index in [9.17, 15) is 0 Å². The van der Waals surface area contributed by atoms with Crippen LogP contribution in [0.4, 0.5) is 0 Å². The van der Waals surface area contributed by atoms with Crippen molar-refractivity contribution in [1.82, 2.24) is 0 Å². The van der Waals surface area contributed by atoms with Crippen molar-refractivity contribution in [1.29, 1.82) is 0 Å². The van der Waals surface area contributed by atoms with Crippen molar-refractivity contribution < 1.29 is 50.0 Å². The Hall–Kier alpha value is 0.564. The van der Waals surface area contributed by atoms with Gasteiger partial charge in [-0.3, -0.25) is 0 Å². The summed E-state index contributed by atoms with van der Waals surface area (Å²) in [5.41, 5.74) is 2.81. The Balaban J connectivity index is 0.00000364. The summed E-state index contributed by atoms with van der Waals surface area (Å²) in [6.07, 6.45) is 11.3. The molecule has 0 aromatic rings.